The lowest BCUT2D eigenvalue weighted by Gasteiger charge is -2.32. The van der Waals surface area contributed by atoms with Crippen molar-refractivity contribution in [3.63, 3.8) is 0 Å². The molecule has 1 atom stereocenters. The molecule has 2 aromatic rings. The van der Waals surface area contributed by atoms with Crippen molar-refractivity contribution < 1.29 is 5.11 Å². The second kappa shape index (κ2) is 6.67. The molecule has 0 spiro atoms. The van der Waals surface area contributed by atoms with Crippen LogP contribution in [0, 0.1) is 0 Å². The summed E-state index contributed by atoms with van der Waals surface area (Å²) in [7, 11) is 0. The van der Waals surface area contributed by atoms with E-state index in [0.717, 1.165) is 56.4 Å². The van der Waals surface area contributed by atoms with Gasteiger partial charge >= 0.3 is 5.69 Å². The number of aromatic nitrogens is 2. The van der Waals surface area contributed by atoms with Gasteiger partial charge in [-0.15, -0.1) is 0 Å². The third-order valence-electron chi connectivity index (χ3n) is 4.80. The first-order chi connectivity index (χ1) is 10.7. The summed E-state index contributed by atoms with van der Waals surface area (Å²) in [5.41, 5.74) is 1.93. The van der Waals surface area contributed by atoms with Crippen molar-refractivity contribution in [2.75, 3.05) is 19.6 Å². The van der Waals surface area contributed by atoms with E-state index in [4.69, 9.17) is 0 Å². The highest BCUT2D eigenvalue weighted by Crippen LogP contribution is 2.24. The van der Waals surface area contributed by atoms with E-state index in [1.54, 1.807) is 0 Å². The fraction of sp³-hybridized carbons (Fsp3) is 0.588. The van der Waals surface area contributed by atoms with Gasteiger partial charge in [0.2, 0.25) is 0 Å². The Hall–Kier alpha value is -1.59. The highest BCUT2D eigenvalue weighted by atomic mass is 16.3. The van der Waals surface area contributed by atoms with Crippen LogP contribution in [0.1, 0.15) is 38.6 Å². The Morgan fingerprint density at radius 3 is 2.77 bits per heavy atom. The van der Waals surface area contributed by atoms with E-state index in [2.05, 4.69) is 9.88 Å². The monoisotopic (exact) mass is 303 g/mol. The lowest BCUT2D eigenvalue weighted by atomic mass is 10.0. The molecular weight excluding hydrogens is 278 g/mol. The first-order valence-corrected chi connectivity index (χ1v) is 8.28. The Bertz CT molecular complexity index is 668. The zero-order valence-corrected chi connectivity index (χ0v) is 13.2. The Kier molecular flexibility index (Phi) is 4.64. The van der Waals surface area contributed by atoms with Gasteiger partial charge < -0.3 is 15.0 Å². The van der Waals surface area contributed by atoms with E-state index in [9.17, 15) is 9.90 Å². The van der Waals surface area contributed by atoms with E-state index in [1.807, 2.05) is 35.8 Å². The summed E-state index contributed by atoms with van der Waals surface area (Å²) in [6.07, 6.45) is 3.46. The maximum Gasteiger partial charge on any atom is 0.326 e. The van der Waals surface area contributed by atoms with Crippen molar-refractivity contribution in [2.45, 2.75) is 44.8 Å². The van der Waals surface area contributed by atoms with Gasteiger partial charge in [0, 0.05) is 25.7 Å². The van der Waals surface area contributed by atoms with Crippen molar-refractivity contribution in [1.82, 2.24) is 14.5 Å². The van der Waals surface area contributed by atoms with Crippen LogP contribution in [-0.2, 0) is 0 Å². The smallest absolute Gasteiger partial charge is 0.326 e. The molecule has 0 aliphatic carbocycles. The summed E-state index contributed by atoms with van der Waals surface area (Å²) in [5.74, 6) is 0. The molecule has 1 aromatic carbocycles. The molecule has 1 aromatic heterocycles. The van der Waals surface area contributed by atoms with E-state index in [0.29, 0.717) is 0 Å². The largest absolute Gasteiger partial charge is 0.393 e. The topological polar surface area (TPSA) is 61.3 Å². The molecule has 0 saturated carbocycles. The van der Waals surface area contributed by atoms with Crippen LogP contribution in [-0.4, -0.2) is 45.3 Å². The number of benzene rings is 1. The standard InChI is InChI=1S/C17H25N3O2/c1-2-14(21)9-12-19-10-7-13(8-11-19)20-16-6-4-3-5-15(16)18-17(20)22/h3-6,13-14,21H,2,7-12H2,1H3,(H,18,22). The summed E-state index contributed by atoms with van der Waals surface area (Å²) in [5, 5.41) is 9.67. The van der Waals surface area contributed by atoms with Crippen LogP contribution in [0.3, 0.4) is 0 Å². The van der Waals surface area contributed by atoms with E-state index >= 15 is 0 Å². The summed E-state index contributed by atoms with van der Waals surface area (Å²) < 4.78 is 1.92. The average Bonchev–Trinajstić information content (AvgIpc) is 2.89. The molecule has 1 unspecified atom stereocenters. The Balaban J connectivity index is 1.66. The summed E-state index contributed by atoms with van der Waals surface area (Å²) in [4.78, 5) is 17.6. The number of aromatic amines is 1. The molecule has 0 bridgehead atoms. The molecule has 0 amide bonds. The molecule has 2 N–H and O–H groups in total. The van der Waals surface area contributed by atoms with Crippen molar-refractivity contribution >= 4 is 11.0 Å². The van der Waals surface area contributed by atoms with Crippen molar-refractivity contribution in [1.29, 1.82) is 0 Å². The van der Waals surface area contributed by atoms with Crippen LogP contribution in [0.15, 0.2) is 29.1 Å². The molecular formula is C17H25N3O2. The summed E-state index contributed by atoms with van der Waals surface area (Å²) >= 11 is 0. The first-order valence-electron chi connectivity index (χ1n) is 8.28. The van der Waals surface area contributed by atoms with Crippen molar-refractivity contribution in [3.8, 4) is 0 Å². The maximum absolute atomic E-state index is 12.2. The molecule has 1 aliphatic rings. The highest BCUT2D eigenvalue weighted by Gasteiger charge is 2.23. The average molecular weight is 303 g/mol. The van der Waals surface area contributed by atoms with Gasteiger partial charge in [0.25, 0.3) is 0 Å². The number of aliphatic hydroxyl groups is 1. The molecule has 1 saturated heterocycles. The van der Waals surface area contributed by atoms with Gasteiger partial charge in [-0.1, -0.05) is 19.1 Å². The molecule has 2 heterocycles. The number of likely N-dealkylation sites (tertiary alicyclic amines) is 1. The number of hydrogen-bond acceptors (Lipinski definition) is 3. The molecule has 0 radical (unpaired) electrons. The van der Waals surface area contributed by atoms with Crippen LogP contribution < -0.4 is 5.69 Å². The number of fused-ring (bicyclic) bond motifs is 1. The minimum atomic E-state index is -0.186. The van der Waals surface area contributed by atoms with Crippen LogP contribution in [0.4, 0.5) is 0 Å². The molecule has 22 heavy (non-hydrogen) atoms. The zero-order chi connectivity index (χ0) is 15.5. The van der Waals surface area contributed by atoms with E-state index in [1.165, 1.54) is 0 Å². The number of imidazole rings is 1. The summed E-state index contributed by atoms with van der Waals surface area (Å²) in [6.45, 7) is 4.95. The van der Waals surface area contributed by atoms with Gasteiger partial charge in [0.05, 0.1) is 17.1 Å². The third-order valence-corrected chi connectivity index (χ3v) is 4.80. The van der Waals surface area contributed by atoms with E-state index in [-0.39, 0.29) is 17.8 Å². The second-order valence-corrected chi connectivity index (χ2v) is 6.24. The number of para-hydroxylation sites is 2. The fourth-order valence-electron chi connectivity index (χ4n) is 3.37. The number of rotatable bonds is 5. The lowest BCUT2D eigenvalue weighted by Crippen LogP contribution is -2.38. The van der Waals surface area contributed by atoms with Crippen molar-refractivity contribution in [3.05, 3.63) is 34.7 Å². The van der Waals surface area contributed by atoms with Gasteiger partial charge in [0.1, 0.15) is 0 Å². The maximum atomic E-state index is 12.2. The minimum Gasteiger partial charge on any atom is -0.393 e. The van der Waals surface area contributed by atoms with Gasteiger partial charge in [0.15, 0.2) is 0 Å². The SMILES string of the molecule is CCC(O)CCN1CCC(n2c(=O)[nH]c3ccccc32)CC1. The number of nitrogens with one attached hydrogen (secondary N) is 1. The number of H-pyrrole nitrogens is 1. The Morgan fingerprint density at radius 1 is 1.32 bits per heavy atom. The number of piperidine rings is 1. The second-order valence-electron chi connectivity index (χ2n) is 6.24. The Labute approximate surface area is 130 Å². The molecule has 5 nitrogen and oxygen atoms in total. The highest BCUT2D eigenvalue weighted by molar-refractivity contribution is 5.75. The predicted octanol–water partition coefficient (Wildman–Crippen LogP) is 2.13. The molecule has 5 heteroatoms. The fourth-order valence-corrected chi connectivity index (χ4v) is 3.37. The van der Waals surface area contributed by atoms with Crippen molar-refractivity contribution in [2.24, 2.45) is 0 Å². The van der Waals surface area contributed by atoms with Crippen LogP contribution in [0.2, 0.25) is 0 Å². The zero-order valence-electron chi connectivity index (χ0n) is 13.2. The molecule has 3 rings (SSSR count). The van der Waals surface area contributed by atoms with Crippen LogP contribution in [0.25, 0.3) is 11.0 Å². The normalized spacial score (nSPS) is 18.8. The summed E-state index contributed by atoms with van der Waals surface area (Å²) in [6, 6.07) is 8.17. The van der Waals surface area contributed by atoms with Gasteiger partial charge in [-0.05, 0) is 37.8 Å². The first kappa shape index (κ1) is 15.3. The molecule has 1 aliphatic heterocycles. The number of hydrogen-bond donors (Lipinski definition) is 2. The van der Waals surface area contributed by atoms with Gasteiger partial charge in [-0.25, -0.2) is 4.79 Å². The number of aliphatic hydroxyl groups excluding tert-OH is 1. The molecule has 1 fully saturated rings. The quantitative estimate of drug-likeness (QED) is 0.889. The van der Waals surface area contributed by atoms with Crippen LogP contribution >= 0.6 is 0 Å². The number of nitrogens with zero attached hydrogens (tertiary/aromatic N) is 2. The van der Waals surface area contributed by atoms with E-state index < -0.39 is 0 Å². The minimum absolute atomic E-state index is 0.000977. The third kappa shape index (κ3) is 3.10. The lowest BCUT2D eigenvalue weighted by molar-refractivity contribution is 0.121. The van der Waals surface area contributed by atoms with Crippen LogP contribution in [0.5, 0.6) is 0 Å². The predicted molar refractivity (Wildman–Crippen MR) is 88.2 cm³/mol. The van der Waals surface area contributed by atoms with Gasteiger partial charge in [-0.2, -0.15) is 0 Å². The molecule has 120 valence electrons. The van der Waals surface area contributed by atoms with Gasteiger partial charge in [-0.3, -0.25) is 4.57 Å². The Morgan fingerprint density at radius 2 is 2.05 bits per heavy atom.